The van der Waals surface area contributed by atoms with Crippen LogP contribution < -0.4 is 5.56 Å². The first-order valence-corrected chi connectivity index (χ1v) is 5.45. The number of thiophene rings is 1. The summed E-state index contributed by atoms with van der Waals surface area (Å²) in [4.78, 5) is 22.5. The Balaban J connectivity index is 2.46. The van der Waals surface area contributed by atoms with Crippen molar-refractivity contribution >= 4 is 27.4 Å². The molecule has 2 aromatic rings. The number of hydrogen-bond acceptors (Lipinski definition) is 3. The van der Waals surface area contributed by atoms with Gasteiger partial charge in [-0.25, -0.2) is 4.79 Å². The monoisotopic (exact) mass is 235 g/mol. The maximum Gasteiger partial charge on any atom is 0.332 e. The van der Waals surface area contributed by atoms with Crippen LogP contribution in [0, 0.1) is 0 Å². The minimum atomic E-state index is -1.09. The molecular formula is C11H9NO3S. The number of carboxylic acid groups (broad SMARTS) is 1. The summed E-state index contributed by atoms with van der Waals surface area (Å²) in [5, 5.41) is 11.1. The van der Waals surface area contributed by atoms with E-state index in [0.29, 0.717) is 5.39 Å². The molecular weight excluding hydrogens is 226 g/mol. The van der Waals surface area contributed by atoms with Crippen LogP contribution in [-0.2, 0) is 11.3 Å². The maximum atomic E-state index is 11.9. The van der Waals surface area contributed by atoms with Gasteiger partial charge in [0.1, 0.15) is 0 Å². The summed E-state index contributed by atoms with van der Waals surface area (Å²) < 4.78 is 2.26. The largest absolute Gasteiger partial charge is 0.478 e. The lowest BCUT2D eigenvalue weighted by Gasteiger charge is -2.04. The summed E-state index contributed by atoms with van der Waals surface area (Å²) in [6, 6.07) is 3.54. The first-order chi connectivity index (χ1) is 7.59. The predicted octanol–water partition coefficient (Wildman–Crippen LogP) is 1.70. The van der Waals surface area contributed by atoms with E-state index in [0.717, 1.165) is 4.70 Å². The lowest BCUT2D eigenvalue weighted by atomic mass is 10.3. The molecule has 2 rings (SSSR count). The Labute approximate surface area is 95.1 Å². The first-order valence-electron chi connectivity index (χ1n) is 4.57. The summed E-state index contributed by atoms with van der Waals surface area (Å²) in [5.41, 5.74) is -0.183. The standard InChI is InChI=1S/C11H9NO3S/c1-7(11(14)15)6-12-4-2-9-8(10(12)13)3-5-16-9/h2-5H,1,6H2,(H,14,15). The molecule has 0 aliphatic heterocycles. The fourth-order valence-electron chi connectivity index (χ4n) is 1.40. The van der Waals surface area contributed by atoms with Gasteiger partial charge in [-0.1, -0.05) is 6.58 Å². The third-order valence-electron chi connectivity index (χ3n) is 2.26. The number of aliphatic carboxylic acids is 1. The van der Waals surface area contributed by atoms with Crippen molar-refractivity contribution in [3.8, 4) is 0 Å². The molecule has 0 aliphatic rings. The highest BCUT2D eigenvalue weighted by Gasteiger charge is 2.08. The fraction of sp³-hybridized carbons (Fsp3) is 0.0909. The van der Waals surface area contributed by atoms with Crippen LogP contribution in [0.2, 0.25) is 0 Å². The summed E-state index contributed by atoms with van der Waals surface area (Å²) in [7, 11) is 0. The van der Waals surface area contributed by atoms with Crippen LogP contribution in [0.25, 0.3) is 10.1 Å². The van der Waals surface area contributed by atoms with Crippen LogP contribution in [0.5, 0.6) is 0 Å². The number of carboxylic acids is 1. The van der Waals surface area contributed by atoms with Crippen LogP contribution in [0.15, 0.2) is 40.7 Å². The number of nitrogens with zero attached hydrogens (tertiary/aromatic N) is 1. The summed E-state index contributed by atoms with van der Waals surface area (Å²) in [5.74, 6) is -1.09. The molecule has 0 spiro atoms. The highest BCUT2D eigenvalue weighted by Crippen LogP contribution is 2.16. The molecule has 0 fully saturated rings. The number of carbonyl (C=O) groups is 1. The zero-order valence-electron chi connectivity index (χ0n) is 8.34. The van der Waals surface area contributed by atoms with E-state index >= 15 is 0 Å². The molecule has 0 aliphatic carbocycles. The van der Waals surface area contributed by atoms with Gasteiger partial charge in [0.25, 0.3) is 5.56 Å². The molecule has 0 unspecified atom stereocenters. The molecule has 4 nitrogen and oxygen atoms in total. The average molecular weight is 235 g/mol. The third-order valence-corrected chi connectivity index (χ3v) is 3.14. The van der Waals surface area contributed by atoms with E-state index in [4.69, 9.17) is 5.11 Å². The highest BCUT2D eigenvalue weighted by molar-refractivity contribution is 7.17. The van der Waals surface area contributed by atoms with Crippen molar-refractivity contribution < 1.29 is 9.90 Å². The predicted molar refractivity (Wildman–Crippen MR) is 62.9 cm³/mol. The summed E-state index contributed by atoms with van der Waals surface area (Å²) >= 11 is 1.48. The van der Waals surface area contributed by atoms with Crippen molar-refractivity contribution in [1.29, 1.82) is 0 Å². The number of rotatable bonds is 3. The Morgan fingerprint density at radius 1 is 1.50 bits per heavy atom. The molecule has 0 aromatic carbocycles. The van der Waals surface area contributed by atoms with Crippen molar-refractivity contribution in [2.75, 3.05) is 0 Å². The van der Waals surface area contributed by atoms with Gasteiger partial charge in [0.15, 0.2) is 0 Å². The molecule has 0 amide bonds. The van der Waals surface area contributed by atoms with Gasteiger partial charge in [-0.3, -0.25) is 4.79 Å². The number of pyridine rings is 1. The molecule has 0 radical (unpaired) electrons. The van der Waals surface area contributed by atoms with Crippen molar-refractivity contribution in [1.82, 2.24) is 4.57 Å². The van der Waals surface area contributed by atoms with Gasteiger partial charge in [0, 0.05) is 16.5 Å². The van der Waals surface area contributed by atoms with E-state index in [-0.39, 0.29) is 17.7 Å². The van der Waals surface area contributed by atoms with Crippen LogP contribution >= 0.6 is 11.3 Å². The Bertz CT molecular complexity index is 623. The first kappa shape index (κ1) is 10.6. The van der Waals surface area contributed by atoms with Gasteiger partial charge in [-0.2, -0.15) is 0 Å². The molecule has 0 saturated heterocycles. The van der Waals surface area contributed by atoms with Crippen LogP contribution in [0.3, 0.4) is 0 Å². The number of aromatic nitrogens is 1. The van der Waals surface area contributed by atoms with Gasteiger partial charge >= 0.3 is 5.97 Å². The SMILES string of the molecule is C=C(Cn1ccc2sccc2c1=O)C(=O)O. The molecule has 2 heterocycles. The van der Waals surface area contributed by atoms with E-state index in [1.165, 1.54) is 15.9 Å². The Morgan fingerprint density at radius 2 is 2.25 bits per heavy atom. The molecule has 0 bridgehead atoms. The van der Waals surface area contributed by atoms with Crippen molar-refractivity contribution in [3.05, 3.63) is 46.2 Å². The number of hydrogen-bond donors (Lipinski definition) is 1. The van der Waals surface area contributed by atoms with E-state index in [2.05, 4.69) is 6.58 Å². The summed E-state index contributed by atoms with van der Waals surface area (Å²) in [6.07, 6.45) is 1.59. The Morgan fingerprint density at radius 3 is 2.94 bits per heavy atom. The lowest BCUT2D eigenvalue weighted by Crippen LogP contribution is -2.21. The molecule has 16 heavy (non-hydrogen) atoms. The summed E-state index contributed by atoms with van der Waals surface area (Å²) in [6.45, 7) is 3.42. The Hall–Kier alpha value is -1.88. The molecule has 1 N–H and O–H groups in total. The zero-order valence-corrected chi connectivity index (χ0v) is 9.16. The van der Waals surface area contributed by atoms with Crippen LogP contribution in [0.1, 0.15) is 0 Å². The maximum absolute atomic E-state index is 11.9. The third kappa shape index (κ3) is 1.77. The van der Waals surface area contributed by atoms with Gasteiger partial charge in [0.05, 0.1) is 11.9 Å². The second kappa shape index (κ2) is 3.94. The molecule has 2 aromatic heterocycles. The minimum Gasteiger partial charge on any atom is -0.478 e. The molecule has 5 heteroatoms. The van der Waals surface area contributed by atoms with Crippen molar-refractivity contribution in [2.45, 2.75) is 6.54 Å². The number of fused-ring (bicyclic) bond motifs is 1. The smallest absolute Gasteiger partial charge is 0.332 e. The van der Waals surface area contributed by atoms with E-state index < -0.39 is 5.97 Å². The molecule has 0 atom stereocenters. The molecule has 82 valence electrons. The average Bonchev–Trinajstić information content (AvgIpc) is 2.70. The zero-order chi connectivity index (χ0) is 11.7. The van der Waals surface area contributed by atoms with Gasteiger partial charge in [0.2, 0.25) is 0 Å². The normalized spacial score (nSPS) is 10.5. The van der Waals surface area contributed by atoms with Crippen LogP contribution in [0.4, 0.5) is 0 Å². The van der Waals surface area contributed by atoms with E-state index in [9.17, 15) is 9.59 Å². The van der Waals surface area contributed by atoms with E-state index in [1.807, 2.05) is 5.38 Å². The van der Waals surface area contributed by atoms with Gasteiger partial charge in [-0.15, -0.1) is 11.3 Å². The second-order valence-electron chi connectivity index (χ2n) is 3.36. The quantitative estimate of drug-likeness (QED) is 0.824. The van der Waals surface area contributed by atoms with Crippen molar-refractivity contribution in [2.24, 2.45) is 0 Å². The van der Waals surface area contributed by atoms with Gasteiger partial charge < -0.3 is 9.67 Å². The molecule has 0 saturated carbocycles. The van der Waals surface area contributed by atoms with Gasteiger partial charge in [-0.05, 0) is 17.5 Å². The van der Waals surface area contributed by atoms with E-state index in [1.54, 1.807) is 18.3 Å². The fourth-order valence-corrected chi connectivity index (χ4v) is 2.18. The highest BCUT2D eigenvalue weighted by atomic mass is 32.1. The second-order valence-corrected chi connectivity index (χ2v) is 4.30. The lowest BCUT2D eigenvalue weighted by molar-refractivity contribution is -0.132. The Kier molecular flexibility index (Phi) is 2.62. The topological polar surface area (TPSA) is 59.3 Å². The minimum absolute atomic E-state index is 0.00307. The van der Waals surface area contributed by atoms with Crippen molar-refractivity contribution in [3.63, 3.8) is 0 Å². The van der Waals surface area contributed by atoms with Crippen LogP contribution in [-0.4, -0.2) is 15.6 Å².